The molecule has 0 aliphatic carbocycles. The van der Waals surface area contributed by atoms with E-state index in [4.69, 9.17) is 0 Å². The Kier molecular flexibility index (Phi) is 5.94. The second kappa shape index (κ2) is 6.98. The molecular formula is C10H18F3N3S. The lowest BCUT2D eigenvalue weighted by atomic mass is 10.4. The van der Waals surface area contributed by atoms with Gasteiger partial charge in [0.2, 0.25) is 0 Å². The van der Waals surface area contributed by atoms with Crippen molar-refractivity contribution in [2.24, 2.45) is 4.99 Å². The molecule has 0 aromatic carbocycles. The smallest absolute Gasteiger partial charge is 0.357 e. The number of likely N-dealkylation sites (tertiary alicyclic amines) is 1. The molecule has 0 saturated carbocycles. The van der Waals surface area contributed by atoms with Gasteiger partial charge in [0.25, 0.3) is 0 Å². The lowest BCUT2D eigenvalue weighted by molar-refractivity contribution is -0.0327. The molecule has 1 saturated heterocycles. The maximum Gasteiger partial charge on any atom is 0.441 e. The first kappa shape index (κ1) is 14.5. The molecular weight excluding hydrogens is 251 g/mol. The van der Waals surface area contributed by atoms with Gasteiger partial charge in [-0.3, -0.25) is 4.99 Å². The van der Waals surface area contributed by atoms with E-state index in [1.165, 1.54) is 0 Å². The van der Waals surface area contributed by atoms with E-state index in [-0.39, 0.29) is 24.1 Å². The fraction of sp³-hybridized carbons (Fsp3) is 0.900. The van der Waals surface area contributed by atoms with Gasteiger partial charge in [-0.15, -0.1) is 0 Å². The van der Waals surface area contributed by atoms with Crippen LogP contribution in [0.4, 0.5) is 13.2 Å². The van der Waals surface area contributed by atoms with Crippen LogP contribution >= 0.6 is 11.8 Å². The molecule has 1 aliphatic rings. The predicted octanol–water partition coefficient (Wildman–Crippen LogP) is 2.30. The predicted molar refractivity (Wildman–Crippen MR) is 65.3 cm³/mol. The van der Waals surface area contributed by atoms with Crippen molar-refractivity contribution in [3.63, 3.8) is 0 Å². The van der Waals surface area contributed by atoms with E-state index in [9.17, 15) is 13.2 Å². The highest BCUT2D eigenvalue weighted by molar-refractivity contribution is 8.00. The quantitative estimate of drug-likeness (QED) is 0.482. The number of aliphatic imine (C=N–C) groups is 1. The standard InChI is InChI=1S/C10H18F3N3S/c1-2-14-9(16-6-3-4-7-16)15-5-8-17-10(11,12)13/h2-8H2,1H3,(H,14,15). The highest BCUT2D eigenvalue weighted by Gasteiger charge is 2.27. The highest BCUT2D eigenvalue weighted by atomic mass is 32.2. The first-order valence-corrected chi connectivity index (χ1v) is 6.75. The van der Waals surface area contributed by atoms with Gasteiger partial charge in [0, 0.05) is 25.4 Å². The summed E-state index contributed by atoms with van der Waals surface area (Å²) in [4.78, 5) is 6.31. The molecule has 1 rings (SSSR count). The van der Waals surface area contributed by atoms with Crippen molar-refractivity contribution in [1.29, 1.82) is 0 Å². The third-order valence-electron chi connectivity index (χ3n) is 2.36. The van der Waals surface area contributed by atoms with Gasteiger partial charge in [0.05, 0.1) is 6.54 Å². The minimum atomic E-state index is -4.15. The van der Waals surface area contributed by atoms with Crippen molar-refractivity contribution in [2.75, 3.05) is 31.9 Å². The summed E-state index contributed by atoms with van der Waals surface area (Å²) < 4.78 is 35.8. The van der Waals surface area contributed by atoms with Crippen molar-refractivity contribution in [2.45, 2.75) is 25.3 Å². The molecule has 17 heavy (non-hydrogen) atoms. The van der Waals surface area contributed by atoms with E-state index in [1.807, 2.05) is 6.92 Å². The number of guanidine groups is 1. The average molecular weight is 269 g/mol. The van der Waals surface area contributed by atoms with Crippen molar-refractivity contribution in [3.8, 4) is 0 Å². The number of hydrogen-bond donors (Lipinski definition) is 1. The van der Waals surface area contributed by atoms with Gasteiger partial charge in [-0.1, -0.05) is 0 Å². The molecule has 0 unspecified atom stereocenters. The van der Waals surface area contributed by atoms with Gasteiger partial charge in [-0.05, 0) is 31.5 Å². The third kappa shape index (κ3) is 6.05. The Morgan fingerprint density at radius 2 is 2.00 bits per heavy atom. The SMILES string of the molecule is CCNC(=NCCSC(F)(F)F)N1CCCC1. The second-order valence-electron chi connectivity index (χ2n) is 3.72. The summed E-state index contributed by atoms with van der Waals surface area (Å²) in [7, 11) is 0. The van der Waals surface area contributed by atoms with Crippen LogP contribution in [0.25, 0.3) is 0 Å². The molecule has 0 bridgehead atoms. The molecule has 3 nitrogen and oxygen atoms in total. The van der Waals surface area contributed by atoms with Gasteiger partial charge in [0.15, 0.2) is 5.96 Å². The van der Waals surface area contributed by atoms with E-state index >= 15 is 0 Å². The van der Waals surface area contributed by atoms with Crippen molar-refractivity contribution in [3.05, 3.63) is 0 Å². The van der Waals surface area contributed by atoms with Crippen molar-refractivity contribution >= 4 is 17.7 Å². The summed E-state index contributed by atoms with van der Waals surface area (Å²) in [6.45, 7) is 4.78. The monoisotopic (exact) mass is 269 g/mol. The molecule has 0 amide bonds. The van der Waals surface area contributed by atoms with Crippen LogP contribution in [0.5, 0.6) is 0 Å². The maximum absolute atomic E-state index is 11.9. The molecule has 1 aliphatic heterocycles. The number of hydrogen-bond acceptors (Lipinski definition) is 2. The Morgan fingerprint density at radius 1 is 1.35 bits per heavy atom. The summed E-state index contributed by atoms with van der Waals surface area (Å²) in [6.07, 6.45) is 2.25. The first-order chi connectivity index (χ1) is 8.03. The summed E-state index contributed by atoms with van der Waals surface area (Å²) in [5.74, 6) is 0.722. The molecule has 7 heteroatoms. The Bertz CT molecular complexity index is 250. The van der Waals surface area contributed by atoms with E-state index in [0.29, 0.717) is 0 Å². The minimum Gasteiger partial charge on any atom is -0.357 e. The summed E-state index contributed by atoms with van der Waals surface area (Å²) in [6, 6.07) is 0. The zero-order valence-electron chi connectivity index (χ0n) is 9.89. The van der Waals surface area contributed by atoms with Gasteiger partial charge in [-0.25, -0.2) is 0 Å². The lowest BCUT2D eigenvalue weighted by Gasteiger charge is -2.20. The second-order valence-corrected chi connectivity index (χ2v) is 4.88. The van der Waals surface area contributed by atoms with E-state index < -0.39 is 5.51 Å². The maximum atomic E-state index is 11.9. The first-order valence-electron chi connectivity index (χ1n) is 5.77. The van der Waals surface area contributed by atoms with Crippen LogP contribution in [0.15, 0.2) is 4.99 Å². The minimum absolute atomic E-state index is 0.0172. The topological polar surface area (TPSA) is 27.6 Å². The average Bonchev–Trinajstić information content (AvgIpc) is 2.74. The zero-order valence-corrected chi connectivity index (χ0v) is 10.7. The van der Waals surface area contributed by atoms with E-state index in [0.717, 1.165) is 38.4 Å². The highest BCUT2D eigenvalue weighted by Crippen LogP contribution is 2.29. The molecule has 0 radical (unpaired) electrons. The van der Waals surface area contributed by atoms with Crippen LogP contribution in [0.3, 0.4) is 0 Å². The molecule has 1 fully saturated rings. The number of rotatable bonds is 4. The summed E-state index contributed by atoms with van der Waals surface area (Å²) >= 11 is -0.0172. The lowest BCUT2D eigenvalue weighted by Crippen LogP contribution is -2.39. The summed E-state index contributed by atoms with van der Waals surface area (Å²) in [5.41, 5.74) is -4.15. The number of halogens is 3. The third-order valence-corrected chi connectivity index (χ3v) is 3.07. The van der Waals surface area contributed by atoms with Crippen molar-refractivity contribution in [1.82, 2.24) is 10.2 Å². The Balaban J connectivity index is 2.35. The van der Waals surface area contributed by atoms with Gasteiger partial charge >= 0.3 is 5.51 Å². The Labute approximate surface area is 104 Å². The fourth-order valence-corrected chi connectivity index (χ4v) is 2.08. The largest absolute Gasteiger partial charge is 0.441 e. The number of nitrogens with zero attached hydrogens (tertiary/aromatic N) is 2. The van der Waals surface area contributed by atoms with Crippen LogP contribution in [0.1, 0.15) is 19.8 Å². The molecule has 0 spiro atoms. The van der Waals surface area contributed by atoms with Crippen LogP contribution in [-0.2, 0) is 0 Å². The Morgan fingerprint density at radius 3 is 2.53 bits per heavy atom. The van der Waals surface area contributed by atoms with E-state index in [1.54, 1.807) is 0 Å². The van der Waals surface area contributed by atoms with Gasteiger partial charge in [-0.2, -0.15) is 13.2 Å². The molecule has 0 aromatic heterocycles. The van der Waals surface area contributed by atoms with Crippen LogP contribution < -0.4 is 5.32 Å². The van der Waals surface area contributed by atoms with Crippen LogP contribution in [0.2, 0.25) is 0 Å². The number of thioether (sulfide) groups is 1. The number of alkyl halides is 3. The molecule has 1 heterocycles. The molecule has 100 valence electrons. The van der Waals surface area contributed by atoms with Gasteiger partial charge < -0.3 is 10.2 Å². The normalized spacial score (nSPS) is 17.6. The van der Waals surface area contributed by atoms with Crippen LogP contribution in [0, 0.1) is 0 Å². The van der Waals surface area contributed by atoms with Crippen molar-refractivity contribution < 1.29 is 13.2 Å². The molecule has 0 atom stereocenters. The summed E-state index contributed by atoms with van der Waals surface area (Å²) in [5, 5.41) is 3.11. The van der Waals surface area contributed by atoms with E-state index in [2.05, 4.69) is 15.2 Å². The zero-order chi connectivity index (χ0) is 12.7. The van der Waals surface area contributed by atoms with Gasteiger partial charge in [0.1, 0.15) is 0 Å². The Hall–Kier alpha value is -0.590. The fourth-order valence-electron chi connectivity index (χ4n) is 1.67. The molecule has 1 N–H and O–H groups in total. The number of nitrogens with one attached hydrogen (secondary N) is 1. The molecule has 0 aromatic rings. The van der Waals surface area contributed by atoms with Crippen LogP contribution in [-0.4, -0.2) is 48.3 Å².